The summed E-state index contributed by atoms with van der Waals surface area (Å²) in [6, 6.07) is 0.212. The maximum absolute atomic E-state index is 12.7. The Bertz CT molecular complexity index is 585. The standard InChI is InChI=1S/C18H29N3O3/c1-11(9-14-12(2)20-24-13(14)3)19-17(22)21-10-18(4,5)16(21)15-7-6-8-23-15/h11,15-16H,6-10H2,1-5H3,(H,19,22). The minimum absolute atomic E-state index is 0.00841. The van der Waals surface area contributed by atoms with Gasteiger partial charge in [-0.15, -0.1) is 0 Å². The molecule has 1 N–H and O–H groups in total. The minimum atomic E-state index is 0.00841. The van der Waals surface area contributed by atoms with Gasteiger partial charge < -0.3 is 19.5 Å². The molecule has 6 heteroatoms. The number of ether oxygens (including phenoxy) is 1. The lowest BCUT2D eigenvalue weighted by molar-refractivity contribution is -0.0913. The molecule has 3 unspecified atom stereocenters. The van der Waals surface area contributed by atoms with Crippen molar-refractivity contribution in [1.82, 2.24) is 15.4 Å². The van der Waals surface area contributed by atoms with Gasteiger partial charge in [0.1, 0.15) is 5.76 Å². The van der Waals surface area contributed by atoms with Gasteiger partial charge in [-0.05, 0) is 40.0 Å². The Labute approximate surface area is 143 Å². The monoisotopic (exact) mass is 335 g/mol. The van der Waals surface area contributed by atoms with Crippen molar-refractivity contribution in [1.29, 1.82) is 0 Å². The van der Waals surface area contributed by atoms with Crippen LogP contribution in [0.15, 0.2) is 4.52 Å². The van der Waals surface area contributed by atoms with Gasteiger partial charge in [0.05, 0.1) is 17.8 Å². The third kappa shape index (κ3) is 3.16. The van der Waals surface area contributed by atoms with Crippen molar-refractivity contribution in [2.45, 2.75) is 72.1 Å². The van der Waals surface area contributed by atoms with E-state index in [0.717, 1.165) is 49.4 Å². The molecule has 1 aromatic rings. The predicted molar refractivity (Wildman–Crippen MR) is 90.9 cm³/mol. The molecular formula is C18H29N3O3. The number of amides is 2. The van der Waals surface area contributed by atoms with Crippen molar-refractivity contribution >= 4 is 6.03 Å². The third-order valence-corrected chi connectivity index (χ3v) is 5.35. The van der Waals surface area contributed by atoms with Crippen LogP contribution < -0.4 is 5.32 Å². The summed E-state index contributed by atoms with van der Waals surface area (Å²) in [4.78, 5) is 14.7. The van der Waals surface area contributed by atoms with Crippen LogP contribution in [0.3, 0.4) is 0 Å². The molecule has 0 aliphatic carbocycles. The summed E-state index contributed by atoms with van der Waals surface area (Å²) in [5, 5.41) is 7.11. The van der Waals surface area contributed by atoms with E-state index >= 15 is 0 Å². The lowest BCUT2D eigenvalue weighted by Crippen LogP contribution is -2.70. The van der Waals surface area contributed by atoms with Crippen molar-refractivity contribution in [2.24, 2.45) is 5.41 Å². The van der Waals surface area contributed by atoms with Crippen LogP contribution in [0.1, 0.15) is 50.6 Å². The van der Waals surface area contributed by atoms with E-state index in [-0.39, 0.29) is 29.6 Å². The first-order valence-electron chi connectivity index (χ1n) is 8.90. The maximum Gasteiger partial charge on any atom is 0.317 e. The first-order chi connectivity index (χ1) is 11.3. The number of carbonyl (C=O) groups is 1. The number of aryl methyl sites for hydroxylation is 2. The molecule has 2 fully saturated rings. The van der Waals surface area contributed by atoms with Gasteiger partial charge in [0.2, 0.25) is 0 Å². The molecule has 0 aromatic carbocycles. The lowest BCUT2D eigenvalue weighted by Gasteiger charge is -2.56. The van der Waals surface area contributed by atoms with Crippen molar-refractivity contribution < 1.29 is 14.1 Å². The zero-order chi connectivity index (χ0) is 17.5. The summed E-state index contributed by atoms with van der Waals surface area (Å²) in [7, 11) is 0. The van der Waals surface area contributed by atoms with Crippen molar-refractivity contribution in [3.05, 3.63) is 17.0 Å². The highest BCUT2D eigenvalue weighted by atomic mass is 16.5. The molecule has 2 aliphatic rings. The number of carbonyl (C=O) groups excluding carboxylic acids is 1. The summed E-state index contributed by atoms with van der Waals surface area (Å²) in [6.07, 6.45) is 3.05. The first-order valence-corrected chi connectivity index (χ1v) is 8.90. The molecule has 0 spiro atoms. The van der Waals surface area contributed by atoms with Crippen LogP contribution >= 0.6 is 0 Å². The molecule has 3 heterocycles. The van der Waals surface area contributed by atoms with E-state index in [4.69, 9.17) is 9.26 Å². The number of nitrogens with one attached hydrogen (secondary N) is 1. The van der Waals surface area contributed by atoms with E-state index in [1.54, 1.807) is 0 Å². The molecule has 0 radical (unpaired) electrons. The first kappa shape index (κ1) is 17.3. The number of aromatic nitrogens is 1. The molecule has 2 saturated heterocycles. The van der Waals surface area contributed by atoms with Crippen LogP contribution in [0.25, 0.3) is 0 Å². The molecule has 0 bridgehead atoms. The van der Waals surface area contributed by atoms with E-state index in [1.807, 2.05) is 25.7 Å². The average molecular weight is 335 g/mol. The van der Waals surface area contributed by atoms with Gasteiger partial charge >= 0.3 is 6.03 Å². The summed E-state index contributed by atoms with van der Waals surface area (Å²) >= 11 is 0. The zero-order valence-corrected chi connectivity index (χ0v) is 15.4. The van der Waals surface area contributed by atoms with Crippen molar-refractivity contribution in [2.75, 3.05) is 13.2 Å². The van der Waals surface area contributed by atoms with Gasteiger partial charge in [0.15, 0.2) is 0 Å². The van der Waals surface area contributed by atoms with Gasteiger partial charge in [-0.25, -0.2) is 4.79 Å². The normalized spacial score (nSPS) is 27.0. The van der Waals surface area contributed by atoms with E-state index < -0.39 is 0 Å². The minimum Gasteiger partial charge on any atom is -0.376 e. The fraction of sp³-hybridized carbons (Fsp3) is 0.778. The molecule has 24 heavy (non-hydrogen) atoms. The number of likely N-dealkylation sites (tertiary alicyclic amines) is 1. The molecule has 1 aromatic heterocycles. The second kappa shape index (κ2) is 6.39. The van der Waals surface area contributed by atoms with Crippen LogP contribution in [0.5, 0.6) is 0 Å². The topological polar surface area (TPSA) is 67.6 Å². The Kier molecular flexibility index (Phi) is 4.60. The Morgan fingerprint density at radius 1 is 1.46 bits per heavy atom. The summed E-state index contributed by atoms with van der Waals surface area (Å²) < 4.78 is 11.1. The molecule has 3 atom stereocenters. The largest absolute Gasteiger partial charge is 0.376 e. The number of nitrogens with zero attached hydrogens (tertiary/aromatic N) is 2. The molecule has 0 saturated carbocycles. The molecule has 6 nitrogen and oxygen atoms in total. The van der Waals surface area contributed by atoms with Gasteiger partial charge in [0, 0.05) is 30.2 Å². The smallest absolute Gasteiger partial charge is 0.317 e. The van der Waals surface area contributed by atoms with Crippen LogP contribution in [0.2, 0.25) is 0 Å². The quantitative estimate of drug-likeness (QED) is 0.919. The Morgan fingerprint density at radius 2 is 2.21 bits per heavy atom. The van der Waals surface area contributed by atoms with Crippen LogP contribution in [0, 0.1) is 19.3 Å². The van der Waals surface area contributed by atoms with E-state index in [2.05, 4.69) is 24.3 Å². The van der Waals surface area contributed by atoms with Crippen molar-refractivity contribution in [3.8, 4) is 0 Å². The highest BCUT2D eigenvalue weighted by Crippen LogP contribution is 2.42. The highest BCUT2D eigenvalue weighted by molar-refractivity contribution is 5.76. The molecule has 3 rings (SSSR count). The second-order valence-corrected chi connectivity index (χ2v) is 7.97. The average Bonchev–Trinajstić information content (AvgIpc) is 3.10. The summed E-state index contributed by atoms with van der Waals surface area (Å²) in [6.45, 7) is 11.9. The molecule has 134 valence electrons. The van der Waals surface area contributed by atoms with Crippen LogP contribution in [-0.2, 0) is 11.2 Å². The summed E-state index contributed by atoms with van der Waals surface area (Å²) in [5.74, 6) is 0.830. The number of hydrogen-bond acceptors (Lipinski definition) is 4. The van der Waals surface area contributed by atoms with Gasteiger partial charge in [-0.2, -0.15) is 0 Å². The van der Waals surface area contributed by atoms with E-state index in [1.165, 1.54) is 0 Å². The SMILES string of the molecule is Cc1noc(C)c1CC(C)NC(=O)N1CC(C)(C)C1C1CCCO1. The predicted octanol–water partition coefficient (Wildman–Crippen LogP) is 2.82. The van der Waals surface area contributed by atoms with Crippen LogP contribution in [0.4, 0.5) is 4.79 Å². The fourth-order valence-electron chi connectivity index (χ4n) is 4.14. The lowest BCUT2D eigenvalue weighted by atomic mass is 9.72. The fourth-order valence-corrected chi connectivity index (χ4v) is 4.14. The second-order valence-electron chi connectivity index (χ2n) is 7.97. The number of hydrogen-bond donors (Lipinski definition) is 1. The Hall–Kier alpha value is -1.56. The zero-order valence-electron chi connectivity index (χ0n) is 15.4. The van der Waals surface area contributed by atoms with Crippen molar-refractivity contribution in [3.63, 3.8) is 0 Å². The van der Waals surface area contributed by atoms with E-state index in [0.29, 0.717) is 0 Å². The third-order valence-electron chi connectivity index (χ3n) is 5.35. The van der Waals surface area contributed by atoms with Crippen LogP contribution in [-0.4, -0.2) is 47.4 Å². The molecular weight excluding hydrogens is 306 g/mol. The number of rotatable bonds is 4. The molecule has 2 amide bonds. The molecule has 2 aliphatic heterocycles. The highest BCUT2D eigenvalue weighted by Gasteiger charge is 2.53. The summed E-state index contributed by atoms with van der Waals surface area (Å²) in [5.41, 5.74) is 2.11. The van der Waals surface area contributed by atoms with Gasteiger partial charge in [-0.1, -0.05) is 19.0 Å². The Balaban J connectivity index is 1.60. The van der Waals surface area contributed by atoms with Gasteiger partial charge in [-0.3, -0.25) is 0 Å². The van der Waals surface area contributed by atoms with Gasteiger partial charge in [0.25, 0.3) is 0 Å². The van der Waals surface area contributed by atoms with E-state index in [9.17, 15) is 4.79 Å². The Morgan fingerprint density at radius 3 is 2.75 bits per heavy atom. The number of urea groups is 1. The maximum atomic E-state index is 12.7.